The van der Waals surface area contributed by atoms with E-state index in [1.165, 1.54) is 18.2 Å². The zero-order valence-electron chi connectivity index (χ0n) is 18.3. The van der Waals surface area contributed by atoms with E-state index < -0.39 is 11.4 Å². The molecule has 0 saturated carbocycles. The smallest absolute Gasteiger partial charge is 0.256 e. The number of nitrogens with zero attached hydrogens (tertiary/aromatic N) is 2. The summed E-state index contributed by atoms with van der Waals surface area (Å²) in [6, 6.07) is 11.4. The summed E-state index contributed by atoms with van der Waals surface area (Å²) in [5, 5.41) is 4.73. The van der Waals surface area contributed by atoms with Crippen LogP contribution >= 0.6 is 0 Å². The van der Waals surface area contributed by atoms with Gasteiger partial charge in [-0.05, 0) is 61.2 Å². The van der Waals surface area contributed by atoms with Crippen molar-refractivity contribution in [1.82, 2.24) is 15.0 Å². The van der Waals surface area contributed by atoms with Gasteiger partial charge in [0.1, 0.15) is 11.6 Å². The first-order valence-electron chi connectivity index (χ1n) is 10.7. The quantitative estimate of drug-likeness (QED) is 0.511. The number of hydrogen-bond acceptors (Lipinski definition) is 5. The molecule has 1 amide bonds. The summed E-state index contributed by atoms with van der Waals surface area (Å²) < 4.78 is 25.4. The Balaban J connectivity index is 1.60. The van der Waals surface area contributed by atoms with Crippen molar-refractivity contribution < 1.29 is 18.4 Å². The first-order valence-corrected chi connectivity index (χ1v) is 10.7. The van der Waals surface area contributed by atoms with E-state index in [0.717, 1.165) is 22.2 Å². The summed E-state index contributed by atoms with van der Waals surface area (Å²) in [5.41, 5.74) is 3.30. The van der Waals surface area contributed by atoms with Gasteiger partial charge in [0.25, 0.3) is 11.5 Å². The summed E-state index contributed by atoms with van der Waals surface area (Å²) >= 11 is 0. The first kappa shape index (κ1) is 21.1. The second kappa shape index (κ2) is 8.29. The standard InChI is InChI=1S/C25H22FN3O4/c1-14-23(15(2)33-28-14)16-4-6-22-18(11-16)13-20(24(30)27-22)19-12-17(3-5-21(19)26)25(31)29-7-9-32-10-8-29/h3-6,11-13H,7-10H2,1-2H3,(H,27,30). The fourth-order valence-corrected chi connectivity index (χ4v) is 4.27. The zero-order valence-corrected chi connectivity index (χ0v) is 18.3. The highest BCUT2D eigenvalue weighted by molar-refractivity contribution is 5.96. The van der Waals surface area contributed by atoms with E-state index in [4.69, 9.17) is 9.26 Å². The number of fused-ring (bicyclic) bond motifs is 1. The Bertz CT molecular complexity index is 1410. The van der Waals surface area contributed by atoms with Crippen LogP contribution in [0.3, 0.4) is 0 Å². The molecule has 1 aliphatic heterocycles. The van der Waals surface area contributed by atoms with Crippen molar-refractivity contribution in [1.29, 1.82) is 0 Å². The van der Waals surface area contributed by atoms with Gasteiger partial charge < -0.3 is 19.1 Å². The van der Waals surface area contributed by atoms with Gasteiger partial charge in [-0.25, -0.2) is 4.39 Å². The van der Waals surface area contributed by atoms with Crippen LogP contribution in [0.2, 0.25) is 0 Å². The SMILES string of the molecule is Cc1noc(C)c1-c1ccc2[nH]c(=O)c(-c3cc(C(=O)N4CCOCC4)ccc3F)cc2c1. The van der Waals surface area contributed by atoms with Gasteiger partial charge in [-0.15, -0.1) is 0 Å². The topological polar surface area (TPSA) is 88.4 Å². The molecule has 0 radical (unpaired) electrons. The number of halogens is 1. The number of hydrogen-bond donors (Lipinski definition) is 1. The van der Waals surface area contributed by atoms with Gasteiger partial charge in [-0.1, -0.05) is 11.2 Å². The van der Waals surface area contributed by atoms with Crippen LogP contribution < -0.4 is 5.56 Å². The van der Waals surface area contributed by atoms with Crippen molar-refractivity contribution in [2.45, 2.75) is 13.8 Å². The predicted molar refractivity (Wildman–Crippen MR) is 122 cm³/mol. The van der Waals surface area contributed by atoms with Crippen LogP contribution in [-0.2, 0) is 4.74 Å². The number of ether oxygens (including phenoxy) is 1. The number of H-pyrrole nitrogens is 1. The number of carbonyl (C=O) groups excluding carboxylic acids is 1. The fourth-order valence-electron chi connectivity index (χ4n) is 4.27. The molecule has 7 nitrogen and oxygen atoms in total. The summed E-state index contributed by atoms with van der Waals surface area (Å²) in [6.45, 7) is 5.60. The predicted octanol–water partition coefficient (Wildman–Crippen LogP) is 4.08. The van der Waals surface area contributed by atoms with Gasteiger partial charge in [0.05, 0.1) is 24.5 Å². The lowest BCUT2D eigenvalue weighted by molar-refractivity contribution is 0.0303. The number of morpholine rings is 1. The molecule has 3 heterocycles. The summed E-state index contributed by atoms with van der Waals surface area (Å²) in [7, 11) is 0. The first-order chi connectivity index (χ1) is 15.9. The van der Waals surface area contributed by atoms with E-state index in [0.29, 0.717) is 43.1 Å². The molecule has 1 N–H and O–H groups in total. The number of benzene rings is 2. The number of pyridine rings is 1. The molecule has 1 aliphatic rings. The summed E-state index contributed by atoms with van der Waals surface area (Å²) in [4.78, 5) is 30.2. The molecule has 5 rings (SSSR count). The lowest BCUT2D eigenvalue weighted by atomic mass is 9.98. The molecular weight excluding hydrogens is 425 g/mol. The second-order valence-electron chi connectivity index (χ2n) is 8.11. The van der Waals surface area contributed by atoms with Crippen molar-refractivity contribution in [2.75, 3.05) is 26.3 Å². The van der Waals surface area contributed by atoms with Gasteiger partial charge in [-0.2, -0.15) is 0 Å². The Hall–Kier alpha value is -3.78. The molecule has 2 aromatic carbocycles. The average molecular weight is 447 g/mol. The van der Waals surface area contributed by atoms with E-state index in [9.17, 15) is 14.0 Å². The largest absolute Gasteiger partial charge is 0.378 e. The molecule has 8 heteroatoms. The highest BCUT2D eigenvalue weighted by Gasteiger charge is 2.21. The van der Waals surface area contributed by atoms with Gasteiger partial charge in [0.2, 0.25) is 0 Å². The number of carbonyl (C=O) groups is 1. The van der Waals surface area contributed by atoms with Crippen molar-refractivity contribution in [3.05, 3.63) is 75.7 Å². The maximum atomic E-state index is 14.8. The van der Waals surface area contributed by atoms with Gasteiger partial charge in [0.15, 0.2) is 0 Å². The van der Waals surface area contributed by atoms with Gasteiger partial charge >= 0.3 is 0 Å². The fraction of sp³-hybridized carbons (Fsp3) is 0.240. The molecule has 2 aromatic heterocycles. The molecule has 1 fully saturated rings. The zero-order chi connectivity index (χ0) is 23.1. The number of aryl methyl sites for hydroxylation is 2. The van der Waals surface area contributed by atoms with E-state index >= 15 is 0 Å². The maximum Gasteiger partial charge on any atom is 0.256 e. The third-order valence-corrected chi connectivity index (χ3v) is 5.97. The summed E-state index contributed by atoms with van der Waals surface area (Å²) in [6.07, 6.45) is 0. The number of aromatic nitrogens is 2. The number of amides is 1. The lowest BCUT2D eigenvalue weighted by Gasteiger charge is -2.27. The molecule has 0 spiro atoms. The van der Waals surface area contributed by atoms with E-state index in [1.54, 1.807) is 17.0 Å². The van der Waals surface area contributed by atoms with Crippen LogP contribution in [0.5, 0.6) is 0 Å². The van der Waals surface area contributed by atoms with Crippen LogP contribution in [0.15, 0.2) is 51.8 Å². The minimum Gasteiger partial charge on any atom is -0.378 e. The van der Waals surface area contributed by atoms with Crippen LogP contribution in [0.25, 0.3) is 33.2 Å². The highest BCUT2D eigenvalue weighted by atomic mass is 19.1. The second-order valence-corrected chi connectivity index (χ2v) is 8.11. The Morgan fingerprint density at radius 3 is 2.58 bits per heavy atom. The number of nitrogens with one attached hydrogen (secondary N) is 1. The molecule has 168 valence electrons. The maximum absolute atomic E-state index is 14.8. The Labute approximate surface area is 188 Å². The van der Waals surface area contributed by atoms with E-state index in [-0.39, 0.29) is 17.0 Å². The normalized spacial score (nSPS) is 14.1. The minimum atomic E-state index is -0.569. The van der Waals surface area contributed by atoms with Crippen LogP contribution in [0, 0.1) is 19.7 Å². The summed E-state index contributed by atoms with van der Waals surface area (Å²) in [5.74, 6) is -0.0883. The molecule has 0 unspecified atom stereocenters. The van der Waals surface area contributed by atoms with Crippen molar-refractivity contribution >= 4 is 16.8 Å². The van der Waals surface area contributed by atoms with Crippen molar-refractivity contribution in [3.8, 4) is 22.3 Å². The van der Waals surface area contributed by atoms with Crippen LogP contribution in [0.4, 0.5) is 4.39 Å². The van der Waals surface area contributed by atoms with Crippen LogP contribution in [0.1, 0.15) is 21.8 Å². The molecule has 33 heavy (non-hydrogen) atoms. The molecule has 4 aromatic rings. The molecule has 1 saturated heterocycles. The minimum absolute atomic E-state index is 0.0833. The average Bonchev–Trinajstić information content (AvgIpc) is 3.17. The number of rotatable bonds is 3. The molecule has 0 aliphatic carbocycles. The Morgan fingerprint density at radius 2 is 1.85 bits per heavy atom. The van der Waals surface area contributed by atoms with E-state index in [1.807, 2.05) is 26.0 Å². The van der Waals surface area contributed by atoms with Gasteiger partial charge in [-0.3, -0.25) is 9.59 Å². The third-order valence-electron chi connectivity index (χ3n) is 5.97. The van der Waals surface area contributed by atoms with E-state index in [2.05, 4.69) is 10.1 Å². The molecule has 0 bridgehead atoms. The van der Waals surface area contributed by atoms with Crippen molar-refractivity contribution in [2.24, 2.45) is 0 Å². The molecule has 0 atom stereocenters. The monoisotopic (exact) mass is 447 g/mol. The van der Waals surface area contributed by atoms with Crippen LogP contribution in [-0.4, -0.2) is 47.3 Å². The Kier molecular flexibility index (Phi) is 5.30. The Morgan fingerprint density at radius 1 is 1.06 bits per heavy atom. The molecular formula is C25H22FN3O4. The third kappa shape index (κ3) is 3.82. The highest BCUT2D eigenvalue weighted by Crippen LogP contribution is 2.30. The van der Waals surface area contributed by atoms with Gasteiger partial charge in [0, 0.05) is 35.3 Å². The van der Waals surface area contributed by atoms with Crippen molar-refractivity contribution in [3.63, 3.8) is 0 Å². The lowest BCUT2D eigenvalue weighted by Crippen LogP contribution is -2.40. The number of aromatic amines is 1.